The van der Waals surface area contributed by atoms with Crippen molar-refractivity contribution < 1.29 is 0 Å². The third-order valence-corrected chi connectivity index (χ3v) is 4.29. The minimum Gasteiger partial charge on any atom is -0.324 e. The van der Waals surface area contributed by atoms with E-state index in [1.54, 1.807) is 0 Å². The van der Waals surface area contributed by atoms with Crippen LogP contribution in [0.25, 0.3) is 0 Å². The predicted molar refractivity (Wildman–Crippen MR) is 75.3 cm³/mol. The highest BCUT2D eigenvalue weighted by molar-refractivity contribution is 9.11. The summed E-state index contributed by atoms with van der Waals surface area (Å²) in [5.74, 6) is 0.841. The van der Waals surface area contributed by atoms with Crippen LogP contribution < -0.4 is 5.73 Å². The molecule has 0 aliphatic heterocycles. The van der Waals surface area contributed by atoms with Crippen LogP contribution in [0.5, 0.6) is 0 Å². The average molecular weight is 347 g/mol. The van der Waals surface area contributed by atoms with Gasteiger partial charge in [-0.05, 0) is 36.1 Å². The normalized spacial score (nSPS) is 18.9. The van der Waals surface area contributed by atoms with E-state index in [9.17, 15) is 0 Å². The van der Waals surface area contributed by atoms with Crippen molar-refractivity contribution in [3.05, 3.63) is 32.7 Å². The van der Waals surface area contributed by atoms with Gasteiger partial charge in [0.2, 0.25) is 0 Å². The molecule has 1 nitrogen and oxygen atoms in total. The summed E-state index contributed by atoms with van der Waals surface area (Å²) in [6.45, 7) is 0. The van der Waals surface area contributed by atoms with E-state index >= 15 is 0 Å². The van der Waals surface area contributed by atoms with Crippen LogP contribution in [0.4, 0.5) is 0 Å². The van der Waals surface area contributed by atoms with E-state index in [4.69, 9.17) is 5.73 Å². The highest BCUT2D eigenvalue weighted by Crippen LogP contribution is 2.33. The van der Waals surface area contributed by atoms with Crippen LogP contribution in [-0.2, 0) is 0 Å². The topological polar surface area (TPSA) is 26.0 Å². The third-order valence-electron chi connectivity index (χ3n) is 3.38. The fraction of sp³-hybridized carbons (Fsp3) is 0.538. The Bertz CT molecular complexity index is 339. The standard InChI is InChI=1S/C13H17Br2N/c14-11-6-10(7-12(15)8-11)13(16)5-9-3-1-2-4-9/h6-9,13H,1-5,16H2. The highest BCUT2D eigenvalue weighted by atomic mass is 79.9. The molecule has 1 aromatic rings. The van der Waals surface area contributed by atoms with Crippen molar-refractivity contribution in [1.82, 2.24) is 0 Å². The highest BCUT2D eigenvalue weighted by Gasteiger charge is 2.19. The maximum Gasteiger partial charge on any atom is 0.0298 e. The minimum absolute atomic E-state index is 0.178. The lowest BCUT2D eigenvalue weighted by molar-refractivity contribution is 0.450. The van der Waals surface area contributed by atoms with Crippen LogP contribution in [0.15, 0.2) is 27.1 Å². The van der Waals surface area contributed by atoms with Crippen LogP contribution in [0.2, 0.25) is 0 Å². The summed E-state index contributed by atoms with van der Waals surface area (Å²) in [7, 11) is 0. The van der Waals surface area contributed by atoms with Gasteiger partial charge >= 0.3 is 0 Å². The second kappa shape index (κ2) is 5.65. The van der Waals surface area contributed by atoms with Crippen molar-refractivity contribution in [2.45, 2.75) is 38.1 Å². The van der Waals surface area contributed by atoms with Crippen molar-refractivity contribution in [3.63, 3.8) is 0 Å². The molecule has 0 spiro atoms. The molecule has 1 atom stereocenters. The van der Waals surface area contributed by atoms with Gasteiger partial charge in [0.1, 0.15) is 0 Å². The number of hydrogen-bond acceptors (Lipinski definition) is 1. The first-order valence-corrected chi connectivity index (χ1v) is 7.45. The Morgan fingerprint density at radius 1 is 1.12 bits per heavy atom. The third kappa shape index (κ3) is 3.31. The van der Waals surface area contributed by atoms with Gasteiger partial charge < -0.3 is 5.73 Å². The molecule has 16 heavy (non-hydrogen) atoms. The van der Waals surface area contributed by atoms with E-state index in [2.05, 4.69) is 44.0 Å². The maximum absolute atomic E-state index is 6.27. The molecular weight excluding hydrogens is 330 g/mol. The Labute approximate surface area is 114 Å². The SMILES string of the molecule is NC(CC1CCCC1)c1cc(Br)cc(Br)c1. The summed E-state index contributed by atoms with van der Waals surface area (Å²) < 4.78 is 2.19. The molecule has 1 aromatic carbocycles. The van der Waals surface area contributed by atoms with E-state index in [1.807, 2.05) is 6.07 Å². The number of halogens is 2. The van der Waals surface area contributed by atoms with Gasteiger partial charge in [0.25, 0.3) is 0 Å². The van der Waals surface area contributed by atoms with Crippen molar-refractivity contribution in [1.29, 1.82) is 0 Å². The monoisotopic (exact) mass is 345 g/mol. The Morgan fingerprint density at radius 3 is 2.25 bits per heavy atom. The number of rotatable bonds is 3. The molecule has 0 heterocycles. The summed E-state index contributed by atoms with van der Waals surface area (Å²) in [6.07, 6.45) is 6.63. The van der Waals surface area contributed by atoms with Gasteiger partial charge in [-0.25, -0.2) is 0 Å². The zero-order chi connectivity index (χ0) is 11.5. The lowest BCUT2D eigenvalue weighted by Gasteiger charge is -2.17. The second-order valence-corrected chi connectivity index (χ2v) is 6.53. The second-order valence-electron chi connectivity index (χ2n) is 4.70. The van der Waals surface area contributed by atoms with Crippen molar-refractivity contribution in [2.75, 3.05) is 0 Å². The predicted octanol–water partition coefficient (Wildman–Crippen LogP) is 4.79. The van der Waals surface area contributed by atoms with Crippen LogP contribution >= 0.6 is 31.9 Å². The van der Waals surface area contributed by atoms with E-state index in [0.717, 1.165) is 21.3 Å². The fourth-order valence-corrected chi connectivity index (χ4v) is 3.86. The van der Waals surface area contributed by atoms with Gasteiger partial charge in [0.05, 0.1) is 0 Å². The van der Waals surface area contributed by atoms with Crippen LogP contribution in [0.3, 0.4) is 0 Å². The van der Waals surface area contributed by atoms with Gasteiger partial charge in [0, 0.05) is 15.0 Å². The number of hydrogen-bond donors (Lipinski definition) is 1. The molecular formula is C13H17Br2N. The van der Waals surface area contributed by atoms with Gasteiger partial charge in [0.15, 0.2) is 0 Å². The largest absolute Gasteiger partial charge is 0.324 e. The molecule has 0 amide bonds. The molecule has 3 heteroatoms. The molecule has 1 aliphatic rings. The van der Waals surface area contributed by atoms with Crippen LogP contribution in [-0.4, -0.2) is 0 Å². The molecule has 1 aliphatic carbocycles. The smallest absolute Gasteiger partial charge is 0.0298 e. The molecule has 88 valence electrons. The number of benzene rings is 1. The fourth-order valence-electron chi connectivity index (χ4n) is 2.53. The molecule has 0 radical (unpaired) electrons. The molecule has 2 rings (SSSR count). The van der Waals surface area contributed by atoms with E-state index in [0.29, 0.717) is 0 Å². The average Bonchev–Trinajstić information content (AvgIpc) is 2.68. The summed E-state index contributed by atoms with van der Waals surface area (Å²) >= 11 is 7.02. The van der Waals surface area contributed by atoms with Gasteiger partial charge in [-0.1, -0.05) is 57.5 Å². The first kappa shape index (κ1) is 12.6. The lowest BCUT2D eigenvalue weighted by atomic mass is 9.94. The van der Waals surface area contributed by atoms with Gasteiger partial charge in [-0.15, -0.1) is 0 Å². The summed E-state index contributed by atoms with van der Waals surface area (Å²) in [5, 5.41) is 0. The maximum atomic E-state index is 6.27. The molecule has 1 unspecified atom stereocenters. The zero-order valence-electron chi connectivity index (χ0n) is 9.26. The Kier molecular flexibility index (Phi) is 4.45. The molecule has 0 saturated heterocycles. The summed E-state index contributed by atoms with van der Waals surface area (Å²) in [6, 6.07) is 6.48. The van der Waals surface area contributed by atoms with Crippen LogP contribution in [0, 0.1) is 5.92 Å². The van der Waals surface area contributed by atoms with Gasteiger partial charge in [-0.2, -0.15) is 0 Å². The first-order chi connectivity index (χ1) is 7.65. The molecule has 1 fully saturated rings. The molecule has 2 N–H and O–H groups in total. The van der Waals surface area contributed by atoms with E-state index in [1.165, 1.54) is 31.2 Å². The van der Waals surface area contributed by atoms with Crippen LogP contribution in [0.1, 0.15) is 43.7 Å². The van der Waals surface area contributed by atoms with Crippen molar-refractivity contribution in [3.8, 4) is 0 Å². The molecule has 0 bridgehead atoms. The lowest BCUT2D eigenvalue weighted by Crippen LogP contribution is -2.14. The molecule has 1 saturated carbocycles. The van der Waals surface area contributed by atoms with E-state index < -0.39 is 0 Å². The first-order valence-electron chi connectivity index (χ1n) is 5.87. The Morgan fingerprint density at radius 2 is 1.69 bits per heavy atom. The number of nitrogens with two attached hydrogens (primary N) is 1. The molecule has 0 aromatic heterocycles. The van der Waals surface area contributed by atoms with Crippen molar-refractivity contribution >= 4 is 31.9 Å². The van der Waals surface area contributed by atoms with Crippen molar-refractivity contribution in [2.24, 2.45) is 11.7 Å². The Balaban J connectivity index is 2.04. The zero-order valence-corrected chi connectivity index (χ0v) is 12.4. The summed E-state index contributed by atoms with van der Waals surface area (Å²) in [4.78, 5) is 0. The van der Waals surface area contributed by atoms with E-state index in [-0.39, 0.29) is 6.04 Å². The Hall–Kier alpha value is 0.140. The quantitative estimate of drug-likeness (QED) is 0.836. The minimum atomic E-state index is 0.178. The summed E-state index contributed by atoms with van der Waals surface area (Å²) in [5.41, 5.74) is 7.50. The van der Waals surface area contributed by atoms with Gasteiger partial charge in [-0.3, -0.25) is 0 Å².